The maximum absolute atomic E-state index is 14.8. The fourth-order valence-corrected chi connectivity index (χ4v) is 11.9. The molecule has 3 aromatic rings. The van der Waals surface area contributed by atoms with Crippen molar-refractivity contribution >= 4 is 52.4 Å². The van der Waals surface area contributed by atoms with Gasteiger partial charge in [0.05, 0.1) is 19.8 Å². The Hall–Kier alpha value is -7.07. The summed E-state index contributed by atoms with van der Waals surface area (Å²) in [7, 11) is -4.20. The number of nitrogens with one attached hydrogen (secondary N) is 6. The topological polar surface area (TPSA) is 379 Å². The number of aliphatic hydroxyl groups is 2. The second-order valence-corrected chi connectivity index (χ2v) is 37.6. The first kappa shape index (κ1) is 78.4. The van der Waals surface area contributed by atoms with Crippen molar-refractivity contribution in [1.29, 1.82) is 0 Å². The fourth-order valence-electron chi connectivity index (χ4n) is 9.30. The molecule has 1 aliphatic heterocycles. The standard InChI is InChI=1S/C63H103N11O17Si2/c1-38(2)45(56(80)87-37-41-24-20-19-21-25-41)70-59(82)68-43(26-22-32-67-58(64)71-74(84)85)53(78)69-46(48(76)39(3)4)54(79)66-34-23-33-65-47(57(81)89-61(5,6)7)49(77)50-51(90-92(15,16)62(8,9)10)52(91-93(17,18)63(11,12)13)55(88-50)72-35-31-44(75)73(60(72)83)36-40-27-29-42(86-14)30-28-40/h19-21,24-25,27-31,35,38-39,43,45-52,55,65,76-77H,22-23,26,32-34,36-37H2,1-18H3,(H,66,79)(H,69,78)(H3,64,67,71)(H2,68,70,82)/t43-,45-,46+,47-,48?,49+,50?,51+,52+,55+/m0/s1. The number of carbonyl (C=O) groups is 5. The Morgan fingerprint density at radius 3 is 1.90 bits per heavy atom. The van der Waals surface area contributed by atoms with Gasteiger partial charge in [0, 0.05) is 25.4 Å². The third-order valence-electron chi connectivity index (χ3n) is 16.7. The summed E-state index contributed by atoms with van der Waals surface area (Å²) in [5.41, 5.74) is 6.30. The zero-order chi connectivity index (χ0) is 70.1. The molecule has 4 rings (SSSR count). The highest BCUT2D eigenvalue weighted by atomic mass is 28.4. The van der Waals surface area contributed by atoms with Gasteiger partial charge in [-0.15, -0.1) is 0 Å². The van der Waals surface area contributed by atoms with E-state index in [9.17, 15) is 53.9 Å². The largest absolute Gasteiger partial charge is 0.497 e. The lowest BCUT2D eigenvalue weighted by Gasteiger charge is -2.44. The zero-order valence-electron chi connectivity index (χ0n) is 57.3. The number of aliphatic imine (C=N–C) groups is 1. The number of aliphatic hydroxyl groups excluding tert-OH is 2. The summed E-state index contributed by atoms with van der Waals surface area (Å²) >= 11 is 0. The summed E-state index contributed by atoms with van der Waals surface area (Å²) < 4.78 is 40.5. The number of carbonyl (C=O) groups excluding carboxylic acids is 5. The molecule has 2 aromatic carbocycles. The van der Waals surface area contributed by atoms with Crippen LogP contribution in [-0.2, 0) is 55.4 Å². The number of hydrazine groups is 1. The molecule has 520 valence electrons. The monoisotopic (exact) mass is 1340 g/mol. The van der Waals surface area contributed by atoms with Crippen molar-refractivity contribution in [3.8, 4) is 5.75 Å². The number of hydrogen-bond acceptors (Lipinski definition) is 19. The van der Waals surface area contributed by atoms with Gasteiger partial charge in [-0.25, -0.2) is 29.5 Å². The van der Waals surface area contributed by atoms with Crippen LogP contribution in [0.25, 0.3) is 0 Å². The summed E-state index contributed by atoms with van der Waals surface area (Å²) in [5, 5.41) is 47.1. The van der Waals surface area contributed by atoms with E-state index in [1.165, 1.54) is 23.9 Å². The molecule has 0 spiro atoms. The molecule has 30 heteroatoms. The van der Waals surface area contributed by atoms with Crippen LogP contribution in [0.4, 0.5) is 4.79 Å². The van der Waals surface area contributed by atoms with Crippen molar-refractivity contribution in [3.63, 3.8) is 0 Å². The van der Waals surface area contributed by atoms with Crippen LogP contribution in [0.1, 0.15) is 127 Å². The van der Waals surface area contributed by atoms with Crippen molar-refractivity contribution in [2.45, 2.75) is 225 Å². The number of ether oxygens (including phenoxy) is 4. The van der Waals surface area contributed by atoms with E-state index in [2.05, 4.69) is 52.3 Å². The Bertz CT molecular complexity index is 3130. The van der Waals surface area contributed by atoms with Crippen LogP contribution < -0.4 is 53.7 Å². The minimum atomic E-state index is -2.88. The highest BCUT2D eigenvalue weighted by Gasteiger charge is 2.58. The van der Waals surface area contributed by atoms with Gasteiger partial charge < -0.3 is 70.3 Å². The van der Waals surface area contributed by atoms with E-state index < -0.39 is 157 Å². The second kappa shape index (κ2) is 33.9. The number of hydrogen-bond donors (Lipinski definition) is 9. The van der Waals surface area contributed by atoms with Gasteiger partial charge >= 0.3 is 23.7 Å². The molecule has 0 radical (unpaired) electrons. The number of esters is 2. The van der Waals surface area contributed by atoms with E-state index in [4.69, 9.17) is 33.5 Å². The average molecular weight is 1340 g/mol. The summed E-state index contributed by atoms with van der Waals surface area (Å²) in [6, 6.07) is 10.4. The molecule has 2 heterocycles. The quantitative estimate of drug-likeness (QED) is 0.00776. The highest BCUT2D eigenvalue weighted by Crippen LogP contribution is 2.46. The first-order valence-electron chi connectivity index (χ1n) is 31.4. The second-order valence-electron chi connectivity index (χ2n) is 28.0. The summed E-state index contributed by atoms with van der Waals surface area (Å²) in [4.78, 5) is 113. The Morgan fingerprint density at radius 2 is 1.35 bits per heavy atom. The van der Waals surface area contributed by atoms with Gasteiger partial charge in [-0.05, 0) is 118 Å². The minimum absolute atomic E-state index is 0.0201. The van der Waals surface area contributed by atoms with Crippen molar-refractivity contribution in [2.75, 3.05) is 26.7 Å². The highest BCUT2D eigenvalue weighted by molar-refractivity contribution is 6.74. The Morgan fingerprint density at radius 1 is 0.753 bits per heavy atom. The van der Waals surface area contributed by atoms with E-state index >= 15 is 0 Å². The van der Waals surface area contributed by atoms with E-state index in [-0.39, 0.29) is 52.0 Å². The number of nitrogens with zero attached hydrogens (tertiary/aromatic N) is 4. The summed E-state index contributed by atoms with van der Waals surface area (Å²) in [6.07, 6.45) is -6.90. The smallest absolute Gasteiger partial charge is 0.333 e. The number of aromatic nitrogens is 2. The third kappa shape index (κ3) is 23.1. The van der Waals surface area contributed by atoms with E-state index in [1.807, 2.05) is 53.0 Å². The molecule has 4 amide bonds. The van der Waals surface area contributed by atoms with Gasteiger partial charge in [0.25, 0.3) is 11.5 Å². The average Bonchev–Trinajstić information content (AvgIpc) is 1.62. The van der Waals surface area contributed by atoms with Crippen molar-refractivity contribution in [2.24, 2.45) is 22.6 Å². The van der Waals surface area contributed by atoms with Gasteiger partial charge in [-0.2, -0.15) is 0 Å². The fraction of sp³-hybridized carbons (Fsp3) is 0.651. The van der Waals surface area contributed by atoms with Gasteiger partial charge in [-0.3, -0.25) is 28.3 Å². The van der Waals surface area contributed by atoms with E-state index in [0.29, 0.717) is 16.9 Å². The van der Waals surface area contributed by atoms with Gasteiger partial charge in [0.1, 0.15) is 66.5 Å². The number of benzene rings is 2. The number of urea groups is 1. The van der Waals surface area contributed by atoms with Gasteiger partial charge in [0.15, 0.2) is 27.9 Å². The van der Waals surface area contributed by atoms with Gasteiger partial charge in [0.2, 0.25) is 11.8 Å². The molecule has 10 atom stereocenters. The normalized spacial score (nSPS) is 18.5. The van der Waals surface area contributed by atoms with Crippen LogP contribution in [0.5, 0.6) is 5.75 Å². The first-order chi connectivity index (χ1) is 43.1. The summed E-state index contributed by atoms with van der Waals surface area (Å²) in [6.45, 7) is 31.5. The van der Waals surface area contributed by atoms with Crippen LogP contribution in [0.2, 0.25) is 36.3 Å². The number of methoxy groups -OCH3 is 1. The van der Waals surface area contributed by atoms with Crippen LogP contribution in [0.15, 0.2) is 81.4 Å². The Kier molecular flexibility index (Phi) is 28.5. The molecule has 93 heavy (non-hydrogen) atoms. The number of amides is 4. The van der Waals surface area contributed by atoms with Crippen LogP contribution in [0, 0.1) is 22.0 Å². The molecule has 1 fully saturated rings. The predicted molar refractivity (Wildman–Crippen MR) is 355 cm³/mol. The molecule has 0 bridgehead atoms. The Labute approximate surface area is 547 Å². The maximum Gasteiger partial charge on any atom is 0.333 e. The molecule has 28 nitrogen and oxygen atoms in total. The number of guanidine groups is 1. The van der Waals surface area contributed by atoms with Crippen LogP contribution in [-0.4, -0.2) is 164 Å². The van der Waals surface area contributed by atoms with Gasteiger partial charge in [-0.1, -0.05) is 117 Å². The van der Waals surface area contributed by atoms with Crippen molar-refractivity contribution in [3.05, 3.63) is 109 Å². The molecule has 2 unspecified atom stereocenters. The molecular weight excluding hydrogens is 1240 g/mol. The summed E-state index contributed by atoms with van der Waals surface area (Å²) in [5.74, 6) is -4.36. The minimum Gasteiger partial charge on any atom is -0.497 e. The predicted octanol–water partition coefficient (Wildman–Crippen LogP) is 4.73. The molecule has 0 saturated carbocycles. The van der Waals surface area contributed by atoms with Crippen molar-refractivity contribution in [1.82, 2.24) is 41.1 Å². The Balaban J connectivity index is 1.66. The molecule has 1 aromatic heterocycles. The molecular formula is C63H103N11O17Si2. The molecule has 1 saturated heterocycles. The lowest BCUT2D eigenvalue weighted by molar-refractivity contribution is -0.525. The SMILES string of the molecule is COc1ccc(Cn2c(=O)ccn([C@@H]3OC([C@H](O)[C@H](NCCCNC(=O)[C@H](NC(=O)[C@H](CCCN=C(N)N[N+](=O)[O-])NC(=O)N[C@H](C(=O)OCc4ccccc4)C(C)C)C(O)C(C)C)C(=O)OC(C)(C)C)[C@@H](O[Si](C)(C)C(C)(C)C)[C@H]3O[Si](C)(C)C(C)(C)C)c2=O)cc1. The number of nitrogens with two attached hydrogens (primary N) is 1. The zero-order valence-corrected chi connectivity index (χ0v) is 59.3. The molecule has 0 aliphatic carbocycles. The number of rotatable bonds is 32. The first-order valence-corrected chi connectivity index (χ1v) is 37.3. The lowest BCUT2D eigenvalue weighted by atomic mass is 9.98. The van der Waals surface area contributed by atoms with Crippen LogP contribution in [0.3, 0.4) is 0 Å². The van der Waals surface area contributed by atoms with Crippen molar-refractivity contribution < 1.29 is 67.0 Å². The number of nitro groups is 1. The lowest BCUT2D eigenvalue weighted by Crippen LogP contribution is -2.60. The third-order valence-corrected chi connectivity index (χ3v) is 25.7. The molecule has 10 N–H and O–H groups in total. The maximum atomic E-state index is 14.8. The van der Waals surface area contributed by atoms with E-state index in [0.717, 1.165) is 4.57 Å². The van der Waals surface area contributed by atoms with Crippen LogP contribution >= 0.6 is 0 Å². The van der Waals surface area contributed by atoms with E-state index in [1.54, 1.807) is 102 Å². The molecule has 1 aliphatic rings.